The Kier molecular flexibility index (Phi) is 4.02. The van der Waals surface area contributed by atoms with Crippen LogP contribution in [0, 0.1) is 0 Å². The van der Waals surface area contributed by atoms with E-state index in [0.29, 0.717) is 18.7 Å². The first-order chi connectivity index (χ1) is 9.13. The number of hydrogen-bond acceptors (Lipinski definition) is 4. The summed E-state index contributed by atoms with van der Waals surface area (Å²) in [6.07, 6.45) is 3.83. The van der Waals surface area contributed by atoms with E-state index >= 15 is 0 Å². The Labute approximate surface area is 110 Å². The number of hydrogen-bond donors (Lipinski definition) is 3. The van der Waals surface area contributed by atoms with Crippen molar-refractivity contribution in [2.24, 2.45) is 0 Å². The van der Waals surface area contributed by atoms with E-state index in [2.05, 4.69) is 10.4 Å². The van der Waals surface area contributed by atoms with Gasteiger partial charge in [0.2, 0.25) is 5.91 Å². The van der Waals surface area contributed by atoms with Gasteiger partial charge in [-0.15, -0.1) is 0 Å². The normalized spacial score (nSPS) is 10.3. The molecule has 0 saturated carbocycles. The molecular weight excluding hydrogens is 244 g/mol. The number of rotatable bonds is 5. The van der Waals surface area contributed by atoms with Gasteiger partial charge in [0.15, 0.2) is 0 Å². The molecular formula is C13H16N4O2. The van der Waals surface area contributed by atoms with Crippen LogP contribution in [0.4, 0.5) is 5.69 Å². The molecule has 1 heterocycles. The average molecular weight is 260 g/mol. The zero-order valence-corrected chi connectivity index (χ0v) is 10.4. The lowest BCUT2D eigenvalue weighted by Crippen LogP contribution is -2.29. The molecule has 6 heteroatoms. The number of amides is 1. The van der Waals surface area contributed by atoms with E-state index in [0.717, 1.165) is 5.56 Å². The Morgan fingerprint density at radius 3 is 2.74 bits per heavy atom. The lowest BCUT2D eigenvalue weighted by atomic mass is 10.1. The fraction of sp³-hybridized carbons (Fsp3) is 0.231. The molecule has 4 N–H and O–H groups in total. The quantitative estimate of drug-likeness (QED) is 0.731. The lowest BCUT2D eigenvalue weighted by molar-refractivity contribution is -0.121. The molecule has 0 spiro atoms. The number of nitrogens with zero attached hydrogens (tertiary/aromatic N) is 2. The monoisotopic (exact) mass is 260 g/mol. The number of aromatic hydroxyl groups is 1. The highest BCUT2D eigenvalue weighted by Crippen LogP contribution is 2.09. The van der Waals surface area contributed by atoms with Gasteiger partial charge in [-0.2, -0.15) is 5.10 Å². The van der Waals surface area contributed by atoms with Crippen molar-refractivity contribution < 1.29 is 9.90 Å². The highest BCUT2D eigenvalue weighted by molar-refractivity contribution is 5.75. The van der Waals surface area contributed by atoms with E-state index in [1.807, 2.05) is 12.1 Å². The van der Waals surface area contributed by atoms with E-state index in [9.17, 15) is 4.79 Å². The SMILES string of the molecule is Nc1cnn(CC(=O)NCCc2ccc(O)cc2)c1. The molecule has 2 aromatic rings. The minimum atomic E-state index is -0.109. The molecule has 0 aliphatic carbocycles. The molecule has 0 atom stereocenters. The van der Waals surface area contributed by atoms with Crippen LogP contribution in [0.15, 0.2) is 36.7 Å². The van der Waals surface area contributed by atoms with Crippen LogP contribution in [0.3, 0.4) is 0 Å². The van der Waals surface area contributed by atoms with Crippen molar-refractivity contribution in [3.63, 3.8) is 0 Å². The third kappa shape index (κ3) is 4.02. The summed E-state index contributed by atoms with van der Waals surface area (Å²) >= 11 is 0. The Balaban J connectivity index is 1.73. The smallest absolute Gasteiger partial charge is 0.241 e. The molecule has 0 saturated heterocycles. The van der Waals surface area contributed by atoms with Crippen molar-refractivity contribution in [2.45, 2.75) is 13.0 Å². The van der Waals surface area contributed by atoms with Gasteiger partial charge >= 0.3 is 0 Å². The molecule has 6 nitrogen and oxygen atoms in total. The Morgan fingerprint density at radius 1 is 1.37 bits per heavy atom. The van der Waals surface area contributed by atoms with Crippen LogP contribution < -0.4 is 11.1 Å². The minimum absolute atomic E-state index is 0.109. The maximum atomic E-state index is 11.6. The average Bonchev–Trinajstić information content (AvgIpc) is 2.77. The number of carbonyl (C=O) groups is 1. The molecule has 0 unspecified atom stereocenters. The summed E-state index contributed by atoms with van der Waals surface area (Å²) in [6, 6.07) is 6.92. The van der Waals surface area contributed by atoms with Crippen LogP contribution in [0.5, 0.6) is 5.75 Å². The molecule has 2 rings (SSSR count). The van der Waals surface area contributed by atoms with Gasteiger partial charge in [-0.3, -0.25) is 9.48 Å². The van der Waals surface area contributed by atoms with Crippen LogP contribution in [0.2, 0.25) is 0 Å². The van der Waals surface area contributed by atoms with Crippen LogP contribution in [-0.4, -0.2) is 27.3 Å². The van der Waals surface area contributed by atoms with Gasteiger partial charge in [0, 0.05) is 12.7 Å². The number of nitrogens with two attached hydrogens (primary N) is 1. The first-order valence-electron chi connectivity index (χ1n) is 5.96. The van der Waals surface area contributed by atoms with Crippen LogP contribution >= 0.6 is 0 Å². The molecule has 1 amide bonds. The number of benzene rings is 1. The van der Waals surface area contributed by atoms with Crippen molar-refractivity contribution in [2.75, 3.05) is 12.3 Å². The van der Waals surface area contributed by atoms with Gasteiger partial charge in [0.25, 0.3) is 0 Å². The molecule has 0 bridgehead atoms. The van der Waals surface area contributed by atoms with E-state index in [1.54, 1.807) is 18.3 Å². The number of phenols is 1. The van der Waals surface area contributed by atoms with Gasteiger partial charge in [-0.1, -0.05) is 12.1 Å². The summed E-state index contributed by atoms with van der Waals surface area (Å²) in [5.41, 5.74) is 7.10. The summed E-state index contributed by atoms with van der Waals surface area (Å²) in [5, 5.41) is 15.9. The van der Waals surface area contributed by atoms with Crippen LogP contribution in [0.1, 0.15) is 5.56 Å². The third-order valence-corrected chi connectivity index (χ3v) is 2.63. The summed E-state index contributed by atoms with van der Waals surface area (Å²) in [4.78, 5) is 11.6. The van der Waals surface area contributed by atoms with Crippen molar-refractivity contribution in [1.29, 1.82) is 0 Å². The Morgan fingerprint density at radius 2 is 2.11 bits per heavy atom. The van der Waals surface area contributed by atoms with Crippen LogP contribution in [-0.2, 0) is 17.8 Å². The van der Waals surface area contributed by atoms with Gasteiger partial charge in [0.05, 0.1) is 11.9 Å². The molecule has 1 aromatic heterocycles. The number of carbonyl (C=O) groups excluding carboxylic acids is 1. The predicted molar refractivity (Wildman–Crippen MR) is 71.5 cm³/mol. The first-order valence-corrected chi connectivity index (χ1v) is 5.96. The van der Waals surface area contributed by atoms with Crippen molar-refractivity contribution >= 4 is 11.6 Å². The summed E-state index contributed by atoms with van der Waals surface area (Å²) in [6.45, 7) is 0.702. The third-order valence-electron chi connectivity index (χ3n) is 2.63. The van der Waals surface area contributed by atoms with Crippen molar-refractivity contribution in [3.8, 4) is 5.75 Å². The van der Waals surface area contributed by atoms with Crippen molar-refractivity contribution in [1.82, 2.24) is 15.1 Å². The molecule has 19 heavy (non-hydrogen) atoms. The number of anilines is 1. The molecule has 0 fully saturated rings. The highest BCUT2D eigenvalue weighted by Gasteiger charge is 2.03. The second kappa shape index (κ2) is 5.90. The van der Waals surface area contributed by atoms with E-state index in [1.165, 1.54) is 10.9 Å². The fourth-order valence-electron chi connectivity index (χ4n) is 1.68. The zero-order chi connectivity index (χ0) is 13.7. The Bertz CT molecular complexity index is 548. The molecule has 1 aromatic carbocycles. The summed E-state index contributed by atoms with van der Waals surface area (Å²) in [5.74, 6) is 0.130. The van der Waals surface area contributed by atoms with Gasteiger partial charge in [-0.25, -0.2) is 0 Å². The minimum Gasteiger partial charge on any atom is -0.508 e. The molecule has 0 aliphatic heterocycles. The molecule has 0 aliphatic rings. The fourth-order valence-corrected chi connectivity index (χ4v) is 1.68. The van der Waals surface area contributed by atoms with E-state index < -0.39 is 0 Å². The second-order valence-corrected chi connectivity index (χ2v) is 4.24. The van der Waals surface area contributed by atoms with Gasteiger partial charge in [-0.05, 0) is 24.1 Å². The zero-order valence-electron chi connectivity index (χ0n) is 10.4. The predicted octanol–water partition coefficient (Wildman–Crippen LogP) is 0.530. The van der Waals surface area contributed by atoms with E-state index in [4.69, 9.17) is 10.8 Å². The molecule has 0 radical (unpaired) electrons. The largest absolute Gasteiger partial charge is 0.508 e. The lowest BCUT2D eigenvalue weighted by Gasteiger charge is -2.05. The number of nitrogen functional groups attached to an aromatic ring is 1. The first kappa shape index (κ1) is 12.9. The van der Waals surface area contributed by atoms with Crippen molar-refractivity contribution in [3.05, 3.63) is 42.2 Å². The van der Waals surface area contributed by atoms with Crippen LogP contribution in [0.25, 0.3) is 0 Å². The number of aromatic nitrogens is 2. The highest BCUT2D eigenvalue weighted by atomic mass is 16.3. The Hall–Kier alpha value is -2.50. The topological polar surface area (TPSA) is 93.2 Å². The maximum absolute atomic E-state index is 11.6. The van der Waals surface area contributed by atoms with E-state index in [-0.39, 0.29) is 18.2 Å². The number of phenolic OH excluding ortho intramolecular Hbond substituents is 1. The molecule has 100 valence electrons. The second-order valence-electron chi connectivity index (χ2n) is 4.24. The standard InChI is InChI=1S/C13H16N4O2/c14-11-7-16-17(8-11)9-13(19)15-6-5-10-1-3-12(18)4-2-10/h1-4,7-8,18H,5-6,9,14H2,(H,15,19). The van der Waals surface area contributed by atoms with Gasteiger partial charge < -0.3 is 16.2 Å². The summed E-state index contributed by atoms with van der Waals surface area (Å²) in [7, 11) is 0. The maximum Gasteiger partial charge on any atom is 0.241 e. The summed E-state index contributed by atoms with van der Waals surface area (Å²) < 4.78 is 1.49. The number of nitrogens with one attached hydrogen (secondary N) is 1. The van der Waals surface area contributed by atoms with Gasteiger partial charge in [0.1, 0.15) is 12.3 Å².